The van der Waals surface area contributed by atoms with E-state index in [0.717, 1.165) is 36.8 Å². The number of hydrazine groups is 1. The number of hydrogen-bond donors (Lipinski definition) is 7. The normalized spacial score (nSPS) is 33.4. The first kappa shape index (κ1) is 66.2. The molecule has 17 heteroatoms. The fourth-order valence-electron chi connectivity index (χ4n) is 11.0. The molecule has 2 fully saturated rings. The lowest BCUT2D eigenvalue weighted by Crippen LogP contribution is -2.64. The summed E-state index contributed by atoms with van der Waals surface area (Å²) in [6.07, 6.45) is 21.5. The number of nitrogens with one attached hydrogen (secondary N) is 4. The van der Waals surface area contributed by atoms with Gasteiger partial charge in [-0.05, 0) is 115 Å². The van der Waals surface area contributed by atoms with Crippen LogP contribution in [0.5, 0.6) is 0 Å². The van der Waals surface area contributed by atoms with Crippen LogP contribution in [0.3, 0.4) is 0 Å². The zero-order chi connectivity index (χ0) is 58.7. The first-order chi connectivity index (χ1) is 37.4. The molecule has 15 atom stereocenters. The van der Waals surface area contributed by atoms with E-state index in [4.69, 9.17) is 9.47 Å². The highest BCUT2D eigenvalue weighted by Crippen LogP contribution is 2.43. The second kappa shape index (κ2) is 31.6. The van der Waals surface area contributed by atoms with Crippen molar-refractivity contribution >= 4 is 41.2 Å². The Balaban J connectivity index is 0.000000416. The topological polar surface area (TPSA) is 250 Å². The number of hydrogen-bond acceptors (Lipinski definition) is 13. The standard InChI is InChI=1S/C39H56N4O9.C23H39NO3/c1-7-24(4)33-17-10-8-9-16-32(46)26(6)35(47)29(19-18-25(5)44)36(48)41-34(23(2)3)37(49)40-31(22-27-13-11-14-28(45)21-27)38(50)43-20-12-15-30(42-43)39(51)52-33;1-7-9-10-11-15(3)20(25)14-21-16(4)12-17(5)23(27-21)18(6)13-19(8-2)22(26)24-23/h7-11,13-14,16,23,26,29-35,42,46-47H,12,15,17-22H2,1-6H3,(H,40,49)(H,41,48);7,9,12,15-16,18-21,25H,8,10-11,13-14H2,1-6H3,(H,24,26)/b10-8+,16-9+,24-7+;9-7+/t26-,29+,30?,31-,32-,33-,34-,35+;15-,16+,18-,19-,20-,21-,23-/m00/s1. The van der Waals surface area contributed by atoms with E-state index in [2.05, 4.69) is 74.2 Å². The smallest absolute Gasteiger partial charge is 0.325 e. The molecule has 79 heavy (non-hydrogen) atoms. The molecule has 0 saturated carbocycles. The van der Waals surface area contributed by atoms with Crippen molar-refractivity contribution in [2.45, 2.75) is 215 Å². The van der Waals surface area contributed by atoms with Crippen LogP contribution in [0, 0.1) is 41.4 Å². The van der Waals surface area contributed by atoms with E-state index in [0.29, 0.717) is 31.3 Å². The molecule has 17 nitrogen and oxygen atoms in total. The molecule has 440 valence electrons. The zero-order valence-corrected chi connectivity index (χ0v) is 49.2. The number of ketones is 2. The second-order valence-electron chi connectivity index (χ2n) is 23.1. The Hall–Kier alpha value is -5.33. The lowest BCUT2D eigenvalue weighted by Gasteiger charge is -2.51. The molecule has 1 spiro atoms. The number of esters is 1. The van der Waals surface area contributed by atoms with E-state index >= 15 is 0 Å². The molecule has 0 aromatic heterocycles. The second-order valence-corrected chi connectivity index (χ2v) is 23.1. The Morgan fingerprint density at radius 2 is 1.70 bits per heavy atom. The molecule has 0 aromatic carbocycles. The lowest BCUT2D eigenvalue weighted by atomic mass is 9.75. The number of ether oxygens (including phenoxy) is 2. The third kappa shape index (κ3) is 18.9. The van der Waals surface area contributed by atoms with Gasteiger partial charge in [-0.15, -0.1) is 0 Å². The third-order valence-electron chi connectivity index (χ3n) is 16.5. The van der Waals surface area contributed by atoms with Gasteiger partial charge in [-0.1, -0.05) is 115 Å². The van der Waals surface area contributed by atoms with Crippen molar-refractivity contribution in [3.8, 4) is 0 Å². The third-order valence-corrected chi connectivity index (χ3v) is 16.5. The molecule has 4 aliphatic heterocycles. The van der Waals surface area contributed by atoms with Gasteiger partial charge < -0.3 is 45.5 Å². The zero-order valence-electron chi connectivity index (χ0n) is 49.2. The average Bonchev–Trinajstić information content (AvgIpc) is 3.48. The molecule has 1 unspecified atom stereocenters. The first-order valence-corrected chi connectivity index (χ1v) is 28.9. The maximum Gasteiger partial charge on any atom is 0.325 e. The Kier molecular flexibility index (Phi) is 26.5. The summed E-state index contributed by atoms with van der Waals surface area (Å²) in [6, 6.07) is -3.15. The highest BCUT2D eigenvalue weighted by Gasteiger charge is 2.51. The predicted octanol–water partition coefficient (Wildman–Crippen LogP) is 7.28. The number of allylic oxidation sites excluding steroid dienone is 8. The summed E-state index contributed by atoms with van der Waals surface area (Å²) in [6.45, 7) is 22.9. The van der Waals surface area contributed by atoms with Crippen molar-refractivity contribution < 1.29 is 58.4 Å². The minimum absolute atomic E-state index is 0.00444. The number of aliphatic hydroxyl groups is 3. The van der Waals surface area contributed by atoms with Crippen molar-refractivity contribution in [1.29, 1.82) is 0 Å². The SMILES string of the molecule is C/C=C(\C)[C@@H]1C/C=C/C=C/[C@H](O)[C@H](C)[C@@H](O)[C@@H](CCC(C)=O)C(=O)N[C@@H](C(C)C)C(=O)N[C@@H](CC2=CC=CC(=O)C2)C(=O)N2CCCC(N2)C(=O)O1.C/C=C/CC[C@H](C)[C@@H](O)C[C@@H]1O[C@@]2(NC(=O)[C@@H](CC)C[C@@H]2C)C(C)=C[C@H]1C. The van der Waals surface area contributed by atoms with Crippen molar-refractivity contribution in [2.75, 3.05) is 6.54 Å². The van der Waals surface area contributed by atoms with Gasteiger partial charge in [-0.2, -0.15) is 0 Å². The molecule has 4 heterocycles. The van der Waals surface area contributed by atoms with Gasteiger partial charge in [-0.25, -0.2) is 5.43 Å². The van der Waals surface area contributed by atoms with Crippen LogP contribution in [-0.4, -0.2) is 122 Å². The number of piperidine rings is 1. The van der Waals surface area contributed by atoms with E-state index in [-0.39, 0.29) is 79.5 Å². The molecule has 0 radical (unpaired) electrons. The Labute approximate surface area is 470 Å². The molecule has 7 N–H and O–H groups in total. The maximum absolute atomic E-state index is 14.1. The number of carbonyl (C=O) groups is 7. The van der Waals surface area contributed by atoms with Crippen LogP contribution in [0.1, 0.15) is 160 Å². The monoisotopic (exact) mass is 1100 g/mol. The van der Waals surface area contributed by atoms with Gasteiger partial charge in [0.05, 0.1) is 30.3 Å². The fraction of sp³-hybridized carbons (Fsp3) is 0.661. The van der Waals surface area contributed by atoms with Gasteiger partial charge >= 0.3 is 5.97 Å². The van der Waals surface area contributed by atoms with E-state index in [1.807, 2.05) is 26.8 Å². The van der Waals surface area contributed by atoms with Gasteiger partial charge in [0.1, 0.15) is 30.0 Å². The maximum atomic E-state index is 14.1. The summed E-state index contributed by atoms with van der Waals surface area (Å²) in [5.74, 6) is -4.35. The van der Waals surface area contributed by atoms with Crippen LogP contribution < -0.4 is 21.4 Å². The number of amides is 4. The molecule has 1 aliphatic carbocycles. The molecule has 4 amide bonds. The fourth-order valence-corrected chi connectivity index (χ4v) is 11.0. The summed E-state index contributed by atoms with van der Waals surface area (Å²) in [7, 11) is 0. The largest absolute Gasteiger partial charge is 0.456 e. The summed E-state index contributed by atoms with van der Waals surface area (Å²) in [5.41, 5.74) is 4.82. The van der Waals surface area contributed by atoms with Crippen LogP contribution in [-0.2, 0) is 43.0 Å². The first-order valence-electron chi connectivity index (χ1n) is 28.9. The number of Topliss-reactive ketones (excluding diaryl/α,β-unsaturated/α-hetero) is 1. The summed E-state index contributed by atoms with van der Waals surface area (Å²) in [4.78, 5) is 92.1. The summed E-state index contributed by atoms with van der Waals surface area (Å²) in [5, 5.41) is 43.1. The number of carbonyl (C=O) groups excluding carboxylic acids is 7. The van der Waals surface area contributed by atoms with Crippen LogP contribution >= 0.6 is 0 Å². The highest BCUT2D eigenvalue weighted by molar-refractivity contribution is 5.95. The number of nitrogens with zero attached hydrogens (tertiary/aromatic N) is 1. The average molecular weight is 1100 g/mol. The van der Waals surface area contributed by atoms with Crippen molar-refractivity contribution in [3.63, 3.8) is 0 Å². The van der Waals surface area contributed by atoms with Gasteiger partial charge in [0.2, 0.25) is 17.7 Å². The van der Waals surface area contributed by atoms with Crippen LogP contribution in [0.15, 0.2) is 83.6 Å². The molecule has 0 aromatic rings. The van der Waals surface area contributed by atoms with Gasteiger partial charge in [0.25, 0.3) is 5.91 Å². The number of aliphatic hydroxyl groups excluding tert-OH is 3. The van der Waals surface area contributed by atoms with Crippen molar-refractivity contribution in [2.24, 2.45) is 41.4 Å². The molecular formula is C62H95N5O12. The predicted molar refractivity (Wildman–Crippen MR) is 305 cm³/mol. The van der Waals surface area contributed by atoms with Gasteiger partial charge in [0.15, 0.2) is 11.5 Å². The minimum Gasteiger partial charge on any atom is -0.456 e. The van der Waals surface area contributed by atoms with Crippen molar-refractivity contribution in [3.05, 3.63) is 83.6 Å². The van der Waals surface area contributed by atoms with E-state index < -0.39 is 89.7 Å². The van der Waals surface area contributed by atoms with E-state index in [1.54, 1.807) is 51.2 Å². The van der Waals surface area contributed by atoms with E-state index in [9.17, 15) is 48.9 Å². The van der Waals surface area contributed by atoms with Gasteiger partial charge in [0, 0.05) is 55.9 Å². The number of fused-ring (bicyclic) bond motifs is 2. The molecule has 2 saturated heterocycles. The number of cyclic esters (lactones) is 1. The van der Waals surface area contributed by atoms with E-state index in [1.165, 1.54) is 24.1 Å². The van der Waals surface area contributed by atoms with Crippen LogP contribution in [0.2, 0.25) is 0 Å². The Morgan fingerprint density at radius 3 is 2.34 bits per heavy atom. The summed E-state index contributed by atoms with van der Waals surface area (Å²) < 4.78 is 12.5. The van der Waals surface area contributed by atoms with Crippen molar-refractivity contribution in [1.82, 2.24) is 26.4 Å². The van der Waals surface area contributed by atoms with Crippen LogP contribution in [0.25, 0.3) is 0 Å². The molecule has 2 bridgehead atoms. The highest BCUT2D eigenvalue weighted by atomic mass is 16.5. The molecule has 5 rings (SSSR count). The lowest BCUT2D eigenvalue weighted by molar-refractivity contribution is -0.179. The quantitative estimate of drug-likeness (QED) is 0.0668. The Morgan fingerprint density at radius 1 is 0.975 bits per heavy atom. The van der Waals surface area contributed by atoms with Crippen LogP contribution in [0.4, 0.5) is 0 Å². The Bertz CT molecular complexity index is 2340. The van der Waals surface area contributed by atoms with Gasteiger partial charge in [-0.3, -0.25) is 33.8 Å². The number of rotatable bonds is 14. The molecular weight excluding hydrogens is 1010 g/mol. The molecule has 5 aliphatic rings. The minimum atomic E-state index is -1.38. The summed E-state index contributed by atoms with van der Waals surface area (Å²) >= 11 is 0.